The molecule has 1 N–H and O–H groups in total. The Morgan fingerprint density at radius 3 is 2.54 bits per heavy atom. The highest BCUT2D eigenvalue weighted by Gasteiger charge is 2.13. The van der Waals surface area contributed by atoms with E-state index in [0.29, 0.717) is 22.4 Å². The Kier molecular flexibility index (Phi) is 8.08. The molecule has 0 spiro atoms. The molecular formula is C23H27Cl2NO2. The fourth-order valence-corrected chi connectivity index (χ4v) is 3.95. The molecule has 150 valence electrons. The molecule has 0 aliphatic heterocycles. The zero-order valence-electron chi connectivity index (χ0n) is 16.3. The van der Waals surface area contributed by atoms with Crippen LogP contribution in [0.15, 0.2) is 48.0 Å². The molecule has 0 fully saturated rings. The number of nitrogens with one attached hydrogen (secondary N) is 1. The lowest BCUT2D eigenvalue weighted by molar-refractivity contribution is 0.281. The van der Waals surface area contributed by atoms with E-state index in [1.54, 1.807) is 12.7 Å². The van der Waals surface area contributed by atoms with Gasteiger partial charge in [-0.1, -0.05) is 53.1 Å². The summed E-state index contributed by atoms with van der Waals surface area (Å²) in [4.78, 5) is 0. The zero-order valence-corrected chi connectivity index (χ0v) is 17.8. The number of para-hydroxylation sites is 1. The number of allylic oxidation sites excluding steroid dienone is 1. The van der Waals surface area contributed by atoms with Crippen LogP contribution in [-0.4, -0.2) is 13.7 Å². The summed E-state index contributed by atoms with van der Waals surface area (Å²) in [6, 6.07) is 11.4. The molecule has 0 heterocycles. The van der Waals surface area contributed by atoms with E-state index in [4.69, 9.17) is 32.7 Å². The van der Waals surface area contributed by atoms with Crippen molar-refractivity contribution in [3.63, 3.8) is 0 Å². The summed E-state index contributed by atoms with van der Waals surface area (Å²) in [6.07, 6.45) is 8.64. The van der Waals surface area contributed by atoms with Crippen molar-refractivity contribution in [3.05, 3.63) is 69.2 Å². The summed E-state index contributed by atoms with van der Waals surface area (Å²) < 4.78 is 11.6. The van der Waals surface area contributed by atoms with E-state index in [9.17, 15) is 0 Å². The van der Waals surface area contributed by atoms with Gasteiger partial charge in [0.25, 0.3) is 0 Å². The van der Waals surface area contributed by atoms with Gasteiger partial charge < -0.3 is 14.8 Å². The molecule has 0 saturated heterocycles. The first-order chi connectivity index (χ1) is 13.7. The zero-order chi connectivity index (χ0) is 19.8. The Morgan fingerprint density at radius 2 is 1.82 bits per heavy atom. The van der Waals surface area contributed by atoms with Crippen molar-refractivity contribution in [2.75, 3.05) is 13.7 Å². The Balaban J connectivity index is 1.63. The number of rotatable bonds is 9. The van der Waals surface area contributed by atoms with Crippen LogP contribution < -0.4 is 14.8 Å². The molecule has 1 aliphatic carbocycles. The predicted octanol–water partition coefficient (Wildman–Crippen LogP) is 6.56. The van der Waals surface area contributed by atoms with Gasteiger partial charge in [-0.25, -0.2) is 0 Å². The highest BCUT2D eigenvalue weighted by Crippen LogP contribution is 2.33. The van der Waals surface area contributed by atoms with Crippen LogP contribution in [0.2, 0.25) is 10.0 Å². The molecule has 0 unspecified atom stereocenters. The maximum absolute atomic E-state index is 6.27. The quantitative estimate of drug-likeness (QED) is 0.368. The maximum Gasteiger partial charge on any atom is 0.166 e. The van der Waals surface area contributed by atoms with Gasteiger partial charge in [0.2, 0.25) is 0 Å². The smallest absolute Gasteiger partial charge is 0.166 e. The molecular weight excluding hydrogens is 393 g/mol. The molecule has 28 heavy (non-hydrogen) atoms. The first kappa shape index (κ1) is 21.0. The van der Waals surface area contributed by atoms with E-state index < -0.39 is 0 Å². The average molecular weight is 420 g/mol. The van der Waals surface area contributed by atoms with Crippen molar-refractivity contribution in [2.24, 2.45) is 0 Å². The summed E-state index contributed by atoms with van der Waals surface area (Å²) >= 11 is 12.5. The van der Waals surface area contributed by atoms with E-state index in [-0.39, 0.29) is 0 Å². The van der Waals surface area contributed by atoms with Crippen LogP contribution in [0, 0.1) is 0 Å². The number of methoxy groups -OCH3 is 1. The molecule has 5 heteroatoms. The molecule has 2 aromatic carbocycles. The van der Waals surface area contributed by atoms with Crippen LogP contribution in [0.4, 0.5) is 0 Å². The van der Waals surface area contributed by atoms with Crippen molar-refractivity contribution in [1.29, 1.82) is 0 Å². The molecule has 0 saturated carbocycles. The minimum absolute atomic E-state index is 0.290. The topological polar surface area (TPSA) is 30.5 Å². The number of halogens is 2. The third kappa shape index (κ3) is 5.66. The second-order valence-corrected chi connectivity index (χ2v) is 7.79. The van der Waals surface area contributed by atoms with E-state index >= 15 is 0 Å². The van der Waals surface area contributed by atoms with Crippen molar-refractivity contribution < 1.29 is 9.47 Å². The first-order valence-electron chi connectivity index (χ1n) is 9.79. The van der Waals surface area contributed by atoms with Gasteiger partial charge in [-0.3, -0.25) is 0 Å². The van der Waals surface area contributed by atoms with E-state index in [1.807, 2.05) is 30.3 Å². The SMILES string of the molecule is COc1cccc(CNCCC2=CCCCC2)c1OCc1c(Cl)cccc1Cl. The van der Waals surface area contributed by atoms with Gasteiger partial charge >= 0.3 is 0 Å². The van der Waals surface area contributed by atoms with Crippen molar-refractivity contribution in [2.45, 2.75) is 45.3 Å². The number of hydrogen-bond acceptors (Lipinski definition) is 3. The van der Waals surface area contributed by atoms with Crippen molar-refractivity contribution >= 4 is 23.2 Å². The second-order valence-electron chi connectivity index (χ2n) is 6.97. The molecule has 1 aliphatic rings. The number of benzene rings is 2. The lowest BCUT2D eigenvalue weighted by Gasteiger charge is -2.17. The Bertz CT molecular complexity index is 800. The number of ether oxygens (including phenoxy) is 2. The molecule has 0 bridgehead atoms. The monoisotopic (exact) mass is 419 g/mol. The van der Waals surface area contributed by atoms with Gasteiger partial charge in [0.15, 0.2) is 11.5 Å². The van der Waals surface area contributed by atoms with Crippen LogP contribution in [0.1, 0.15) is 43.2 Å². The summed E-state index contributed by atoms with van der Waals surface area (Å²) in [5.41, 5.74) is 3.41. The van der Waals surface area contributed by atoms with Gasteiger partial charge in [-0.2, -0.15) is 0 Å². The van der Waals surface area contributed by atoms with Gasteiger partial charge in [-0.05, 0) is 56.8 Å². The van der Waals surface area contributed by atoms with E-state index in [2.05, 4.69) is 17.5 Å². The van der Waals surface area contributed by atoms with Gasteiger partial charge in [-0.15, -0.1) is 0 Å². The largest absolute Gasteiger partial charge is 0.493 e. The van der Waals surface area contributed by atoms with Gasteiger partial charge in [0.05, 0.1) is 7.11 Å². The Hall–Kier alpha value is -1.68. The van der Waals surface area contributed by atoms with Crippen LogP contribution in [0.25, 0.3) is 0 Å². The van der Waals surface area contributed by atoms with Crippen LogP contribution in [0.3, 0.4) is 0 Å². The lowest BCUT2D eigenvalue weighted by atomic mass is 9.97. The maximum atomic E-state index is 6.27. The van der Waals surface area contributed by atoms with Gasteiger partial charge in [0.1, 0.15) is 6.61 Å². The highest BCUT2D eigenvalue weighted by atomic mass is 35.5. The van der Waals surface area contributed by atoms with E-state index in [0.717, 1.165) is 36.4 Å². The average Bonchev–Trinajstić information content (AvgIpc) is 2.72. The summed E-state index contributed by atoms with van der Waals surface area (Å²) in [5.74, 6) is 1.43. The normalized spacial score (nSPS) is 13.9. The molecule has 0 radical (unpaired) electrons. The fraction of sp³-hybridized carbons (Fsp3) is 0.391. The summed E-state index contributed by atoms with van der Waals surface area (Å²) in [7, 11) is 1.65. The van der Waals surface area contributed by atoms with Crippen molar-refractivity contribution in [1.82, 2.24) is 5.32 Å². The molecule has 0 atom stereocenters. The molecule has 0 aromatic heterocycles. The lowest BCUT2D eigenvalue weighted by Crippen LogP contribution is -2.16. The summed E-state index contributed by atoms with van der Waals surface area (Å²) in [6.45, 7) is 1.97. The Morgan fingerprint density at radius 1 is 1.04 bits per heavy atom. The molecule has 3 rings (SSSR count). The molecule has 3 nitrogen and oxygen atoms in total. The molecule has 0 amide bonds. The fourth-order valence-electron chi connectivity index (χ4n) is 3.44. The minimum atomic E-state index is 0.290. The summed E-state index contributed by atoms with van der Waals surface area (Å²) in [5, 5.41) is 4.73. The first-order valence-corrected chi connectivity index (χ1v) is 10.5. The third-order valence-corrected chi connectivity index (χ3v) is 5.73. The van der Waals surface area contributed by atoms with Crippen molar-refractivity contribution in [3.8, 4) is 11.5 Å². The van der Waals surface area contributed by atoms with E-state index in [1.165, 1.54) is 25.7 Å². The number of hydrogen-bond donors (Lipinski definition) is 1. The highest BCUT2D eigenvalue weighted by molar-refractivity contribution is 6.35. The van der Waals surface area contributed by atoms with Crippen LogP contribution >= 0.6 is 23.2 Å². The van der Waals surface area contributed by atoms with Crippen LogP contribution in [0.5, 0.6) is 11.5 Å². The standard InChI is InChI=1S/C23H27Cl2NO2/c1-27-22-12-5-9-18(15-26-14-13-17-7-3-2-4-8-17)23(22)28-16-19-20(24)10-6-11-21(19)25/h5-7,9-12,26H,2-4,8,13-16H2,1H3. The third-order valence-electron chi connectivity index (χ3n) is 5.03. The Labute approximate surface area is 177 Å². The predicted molar refractivity (Wildman–Crippen MR) is 117 cm³/mol. The van der Waals surface area contributed by atoms with Gasteiger partial charge in [0, 0.05) is 27.7 Å². The second kappa shape index (κ2) is 10.8. The molecule has 2 aromatic rings. The van der Waals surface area contributed by atoms with Crippen LogP contribution in [-0.2, 0) is 13.2 Å². The minimum Gasteiger partial charge on any atom is -0.493 e.